The van der Waals surface area contributed by atoms with E-state index in [4.69, 9.17) is 24.3 Å². The first-order valence-electron chi connectivity index (χ1n) is 16.1. The predicted octanol–water partition coefficient (Wildman–Crippen LogP) is 7.68. The summed E-state index contributed by atoms with van der Waals surface area (Å²) in [6, 6.07) is 24.0. The van der Waals surface area contributed by atoms with Crippen LogP contribution in [-0.4, -0.2) is 42.8 Å². The lowest BCUT2D eigenvalue weighted by Crippen LogP contribution is -2.52. The molecule has 1 amide bonds. The number of rotatable bonds is 14. The van der Waals surface area contributed by atoms with Crippen LogP contribution in [-0.2, 0) is 28.4 Å². The minimum atomic E-state index is -5.03. The molecule has 1 heterocycles. The summed E-state index contributed by atoms with van der Waals surface area (Å²) in [6.07, 6.45) is -7.20. The Morgan fingerprint density at radius 1 is 0.904 bits per heavy atom. The number of hydrogen-bond acceptors (Lipinski definition) is 7. The summed E-state index contributed by atoms with van der Waals surface area (Å²) in [7, 11) is 1.48. The molecule has 2 atom stereocenters. The summed E-state index contributed by atoms with van der Waals surface area (Å²) in [5.41, 5.74) is 1.77. The van der Waals surface area contributed by atoms with Crippen molar-refractivity contribution in [2.45, 2.75) is 43.4 Å². The maximum Gasteiger partial charge on any atom is 0.416 e. The third-order valence-corrected chi connectivity index (χ3v) is 8.11. The van der Waals surface area contributed by atoms with Crippen molar-refractivity contribution < 1.29 is 50.5 Å². The van der Waals surface area contributed by atoms with Gasteiger partial charge in [0.25, 0.3) is 5.91 Å². The van der Waals surface area contributed by atoms with Gasteiger partial charge in [0.1, 0.15) is 11.5 Å². The second-order valence-corrected chi connectivity index (χ2v) is 11.8. The Morgan fingerprint density at radius 3 is 2.23 bits per heavy atom. The Balaban J connectivity index is 1.51. The van der Waals surface area contributed by atoms with Gasteiger partial charge >= 0.3 is 12.4 Å². The van der Waals surface area contributed by atoms with E-state index in [0.29, 0.717) is 47.8 Å². The van der Waals surface area contributed by atoms with Crippen LogP contribution in [0.25, 0.3) is 6.08 Å². The summed E-state index contributed by atoms with van der Waals surface area (Å²) >= 11 is 0. The smallest absolute Gasteiger partial charge is 0.416 e. The van der Waals surface area contributed by atoms with Crippen LogP contribution in [0.2, 0.25) is 0 Å². The highest BCUT2D eigenvalue weighted by atomic mass is 19.4. The Morgan fingerprint density at radius 2 is 1.60 bits per heavy atom. The minimum absolute atomic E-state index is 0.0271. The monoisotopic (exact) mass is 727 g/mol. The summed E-state index contributed by atoms with van der Waals surface area (Å²) in [6.45, 7) is -0.304. The molecule has 52 heavy (non-hydrogen) atoms. The van der Waals surface area contributed by atoms with E-state index in [1.165, 1.54) is 7.11 Å². The lowest BCUT2D eigenvalue weighted by molar-refractivity contribution is -0.143. The zero-order valence-corrected chi connectivity index (χ0v) is 27.8. The number of hydrogen-bond donors (Lipinski definition) is 3. The number of halogens is 6. The average Bonchev–Trinajstić information content (AvgIpc) is 3.52. The number of methoxy groups -OCH3 is 1. The molecule has 1 aliphatic rings. The molecule has 0 saturated carbocycles. The molecule has 0 aliphatic carbocycles. The van der Waals surface area contributed by atoms with Crippen molar-refractivity contribution in [2.24, 2.45) is 4.99 Å². The molecule has 0 bridgehead atoms. The van der Waals surface area contributed by atoms with Crippen molar-refractivity contribution in [1.29, 1.82) is 0 Å². The lowest BCUT2D eigenvalue weighted by atomic mass is 9.84. The fourth-order valence-corrected chi connectivity index (χ4v) is 5.51. The molecular formula is C38H35F6N3O5. The summed E-state index contributed by atoms with van der Waals surface area (Å²) < 4.78 is 98.4. The van der Waals surface area contributed by atoms with Crippen molar-refractivity contribution in [1.82, 2.24) is 10.9 Å². The van der Waals surface area contributed by atoms with Crippen LogP contribution in [0.4, 0.5) is 26.3 Å². The molecule has 1 aliphatic heterocycles. The highest BCUT2D eigenvalue weighted by Crippen LogP contribution is 2.44. The van der Waals surface area contributed by atoms with Gasteiger partial charge in [-0.05, 0) is 71.3 Å². The number of nitrogens with one attached hydrogen (secondary N) is 2. The second kappa shape index (κ2) is 16.3. The van der Waals surface area contributed by atoms with Gasteiger partial charge in [-0.2, -0.15) is 26.3 Å². The van der Waals surface area contributed by atoms with E-state index < -0.39 is 47.6 Å². The van der Waals surface area contributed by atoms with Crippen molar-refractivity contribution in [2.75, 3.05) is 20.3 Å². The molecule has 0 spiro atoms. The number of benzene rings is 4. The SMILES string of the molecule is COc1cccc([C@@H]2OC(c3ccc(OCCCO)cc3)=N[C@]2(C/C=C/c2ccccc2)C(=O)NNCc2cc(C(F)(F)F)cc(C(F)(F)F)c2)c1. The highest BCUT2D eigenvalue weighted by Gasteiger charge is 2.53. The molecule has 0 aromatic heterocycles. The zero-order valence-electron chi connectivity index (χ0n) is 27.8. The molecular weight excluding hydrogens is 692 g/mol. The van der Waals surface area contributed by atoms with Gasteiger partial charge in [0, 0.05) is 31.6 Å². The number of alkyl halides is 6. The van der Waals surface area contributed by atoms with E-state index in [1.807, 2.05) is 30.3 Å². The fourth-order valence-electron chi connectivity index (χ4n) is 5.51. The van der Waals surface area contributed by atoms with E-state index in [-0.39, 0.29) is 30.6 Å². The maximum absolute atomic E-state index is 14.3. The predicted molar refractivity (Wildman–Crippen MR) is 181 cm³/mol. The van der Waals surface area contributed by atoms with Gasteiger partial charge in [-0.25, -0.2) is 10.4 Å². The van der Waals surface area contributed by atoms with Gasteiger partial charge in [-0.3, -0.25) is 10.2 Å². The van der Waals surface area contributed by atoms with E-state index >= 15 is 0 Å². The normalized spacial score (nSPS) is 17.5. The van der Waals surface area contributed by atoms with Gasteiger partial charge in [0.05, 0.1) is 24.8 Å². The first-order valence-corrected chi connectivity index (χ1v) is 16.1. The molecule has 4 aromatic rings. The molecule has 0 fully saturated rings. The first kappa shape index (κ1) is 37.9. The van der Waals surface area contributed by atoms with Crippen LogP contribution in [0.15, 0.2) is 108 Å². The quantitative estimate of drug-likeness (QED) is 0.0701. The van der Waals surface area contributed by atoms with Crippen LogP contribution >= 0.6 is 0 Å². The lowest BCUT2D eigenvalue weighted by Gasteiger charge is -2.30. The summed E-state index contributed by atoms with van der Waals surface area (Å²) in [5.74, 6) is 0.337. The van der Waals surface area contributed by atoms with E-state index in [1.54, 1.807) is 60.7 Å². The van der Waals surface area contributed by atoms with Gasteiger partial charge in [-0.15, -0.1) is 0 Å². The third-order valence-electron chi connectivity index (χ3n) is 8.11. The van der Waals surface area contributed by atoms with Crippen molar-refractivity contribution in [3.8, 4) is 11.5 Å². The minimum Gasteiger partial charge on any atom is -0.497 e. The van der Waals surface area contributed by atoms with E-state index in [0.717, 1.165) is 5.56 Å². The zero-order chi connectivity index (χ0) is 37.4. The first-order chi connectivity index (χ1) is 24.8. The molecule has 0 unspecified atom stereocenters. The largest absolute Gasteiger partial charge is 0.497 e. The Labute approximate surface area is 295 Å². The molecule has 14 heteroatoms. The molecule has 0 radical (unpaired) electrons. The molecule has 4 aromatic carbocycles. The molecule has 274 valence electrons. The molecule has 8 nitrogen and oxygen atoms in total. The Hall–Kier alpha value is -5.34. The van der Waals surface area contributed by atoms with Crippen molar-refractivity contribution in [3.63, 3.8) is 0 Å². The Bertz CT molecular complexity index is 1850. The summed E-state index contributed by atoms with van der Waals surface area (Å²) in [4.78, 5) is 19.2. The third kappa shape index (κ3) is 9.30. The fraction of sp³-hybridized carbons (Fsp3) is 0.263. The van der Waals surface area contributed by atoms with E-state index in [9.17, 15) is 31.1 Å². The van der Waals surface area contributed by atoms with Crippen molar-refractivity contribution in [3.05, 3.63) is 137 Å². The van der Waals surface area contributed by atoms with Crippen LogP contribution in [0.1, 0.15) is 52.3 Å². The summed E-state index contributed by atoms with van der Waals surface area (Å²) in [5, 5.41) is 9.05. The van der Waals surface area contributed by atoms with Crippen LogP contribution in [0.5, 0.6) is 11.5 Å². The highest BCUT2D eigenvalue weighted by molar-refractivity contribution is 6.01. The number of aliphatic hydroxyl groups excluding tert-OH is 1. The number of aliphatic imine (C=N–C) groups is 1. The number of aliphatic hydroxyl groups is 1. The number of amides is 1. The van der Waals surface area contributed by atoms with Gasteiger partial charge in [-0.1, -0.05) is 54.6 Å². The standard InChI is InChI=1S/C38H35F6N3O5/c1-50-32-12-5-11-28(22-32)33-36(17-6-10-25-8-3-2-4-9-25,46-34(52-33)27-13-15-31(16-14-27)51-19-7-18-48)35(49)47-45-24-26-20-29(37(39,40)41)23-30(21-26)38(42,43)44/h2-6,8-16,20-23,33,45,48H,7,17-19,24H2,1H3,(H,47,49)/b10-6+/t33-,36-/m0/s1. The average molecular weight is 728 g/mol. The topological polar surface area (TPSA) is 101 Å². The van der Waals surface area contributed by atoms with Crippen LogP contribution in [0.3, 0.4) is 0 Å². The van der Waals surface area contributed by atoms with Crippen LogP contribution < -0.4 is 20.3 Å². The second-order valence-electron chi connectivity index (χ2n) is 11.8. The number of ether oxygens (including phenoxy) is 3. The van der Waals surface area contributed by atoms with Gasteiger partial charge in [0.2, 0.25) is 5.90 Å². The molecule has 0 saturated heterocycles. The van der Waals surface area contributed by atoms with Crippen molar-refractivity contribution >= 4 is 17.9 Å². The Kier molecular flexibility index (Phi) is 11.9. The van der Waals surface area contributed by atoms with Gasteiger partial charge < -0.3 is 19.3 Å². The molecule has 3 N–H and O–H groups in total. The number of carbonyl (C=O) groups excluding carboxylic acids is 1. The maximum atomic E-state index is 14.3. The van der Waals surface area contributed by atoms with Crippen LogP contribution in [0, 0.1) is 0 Å². The number of hydrazine groups is 1. The van der Waals surface area contributed by atoms with E-state index in [2.05, 4.69) is 10.9 Å². The number of carbonyl (C=O) groups is 1. The number of nitrogens with zero attached hydrogens (tertiary/aromatic N) is 1. The van der Waals surface area contributed by atoms with Gasteiger partial charge in [0.15, 0.2) is 11.6 Å². The molecule has 5 rings (SSSR count).